The van der Waals surface area contributed by atoms with E-state index in [4.69, 9.17) is 0 Å². The van der Waals surface area contributed by atoms with Gasteiger partial charge in [0.15, 0.2) is 0 Å². The number of nitrogens with zero attached hydrogens (tertiary/aromatic N) is 2. The van der Waals surface area contributed by atoms with Gasteiger partial charge in [0.2, 0.25) is 0 Å². The lowest BCUT2D eigenvalue weighted by Crippen LogP contribution is -2.30. The molecule has 0 aromatic heterocycles. The molecule has 0 fully saturated rings. The number of para-hydroxylation sites is 2. The van der Waals surface area contributed by atoms with Gasteiger partial charge in [-0.3, -0.25) is 0 Å². The number of fused-ring (bicyclic) bond motifs is 3. The van der Waals surface area contributed by atoms with E-state index in [9.17, 15) is 0 Å². The van der Waals surface area contributed by atoms with Crippen LogP contribution >= 0.6 is 0 Å². The molecule has 0 radical (unpaired) electrons. The molecule has 0 amide bonds. The number of hydrogen-bond acceptors (Lipinski definition) is 2. The molecule has 354 valence electrons. The SMILES string of the molecule is c1ccc(-c2ccc(N(c3ccccc3)c3ccc(-c4cc(-c5ccccc5)cc(-c5ccc(N(c6ccccc6)c6cccc7c6C(c6ccccc6)(c6ccccc6)c6ccccc6-7)cc5)c4)cc3)cc2)cc1. The highest BCUT2D eigenvalue weighted by molar-refractivity contribution is 5.95. The zero-order valence-electron chi connectivity index (χ0n) is 41.4. The maximum absolute atomic E-state index is 2.46. The van der Waals surface area contributed by atoms with Gasteiger partial charge in [0.25, 0.3) is 0 Å². The van der Waals surface area contributed by atoms with Gasteiger partial charge in [-0.1, -0.05) is 231 Å². The van der Waals surface area contributed by atoms with Crippen molar-refractivity contribution in [1.29, 1.82) is 0 Å². The van der Waals surface area contributed by atoms with Crippen LogP contribution in [-0.2, 0) is 5.41 Å². The molecule has 2 heteroatoms. The molecule has 0 unspecified atom stereocenters. The van der Waals surface area contributed by atoms with Crippen molar-refractivity contribution in [2.75, 3.05) is 9.80 Å². The quantitative estimate of drug-likeness (QED) is 0.120. The Morgan fingerprint density at radius 2 is 0.533 bits per heavy atom. The van der Waals surface area contributed by atoms with E-state index in [-0.39, 0.29) is 0 Å². The number of benzene rings is 12. The minimum Gasteiger partial charge on any atom is -0.311 e. The first-order valence-electron chi connectivity index (χ1n) is 25.8. The predicted molar refractivity (Wildman–Crippen MR) is 315 cm³/mol. The number of rotatable bonds is 12. The molecule has 0 N–H and O–H groups in total. The zero-order valence-corrected chi connectivity index (χ0v) is 41.4. The molecule has 75 heavy (non-hydrogen) atoms. The van der Waals surface area contributed by atoms with Crippen LogP contribution < -0.4 is 9.80 Å². The zero-order chi connectivity index (χ0) is 50.0. The van der Waals surface area contributed by atoms with Gasteiger partial charge in [-0.05, 0) is 157 Å². The second kappa shape index (κ2) is 19.7. The molecular formula is C73H52N2. The Labute approximate surface area is 440 Å². The Hall–Kier alpha value is -9.76. The molecule has 1 aliphatic rings. The van der Waals surface area contributed by atoms with Crippen molar-refractivity contribution in [3.05, 3.63) is 338 Å². The smallest absolute Gasteiger partial charge is 0.0734 e. The second-order valence-electron chi connectivity index (χ2n) is 19.2. The Kier molecular flexibility index (Phi) is 11.8. The summed E-state index contributed by atoms with van der Waals surface area (Å²) in [5.41, 5.74) is 22.9. The summed E-state index contributed by atoms with van der Waals surface area (Å²) in [4.78, 5) is 4.79. The van der Waals surface area contributed by atoms with E-state index in [2.05, 4.69) is 325 Å². The van der Waals surface area contributed by atoms with Crippen molar-refractivity contribution in [3.8, 4) is 55.6 Å². The van der Waals surface area contributed by atoms with E-state index in [0.29, 0.717) is 0 Å². The summed E-state index contributed by atoms with van der Waals surface area (Å²) in [6.45, 7) is 0. The summed E-state index contributed by atoms with van der Waals surface area (Å²) in [7, 11) is 0. The molecule has 13 rings (SSSR count). The highest BCUT2D eigenvalue weighted by Gasteiger charge is 2.48. The van der Waals surface area contributed by atoms with Crippen LogP contribution in [0.5, 0.6) is 0 Å². The van der Waals surface area contributed by atoms with Gasteiger partial charge >= 0.3 is 0 Å². The van der Waals surface area contributed by atoms with Gasteiger partial charge in [-0.2, -0.15) is 0 Å². The average Bonchev–Trinajstić information content (AvgIpc) is 3.84. The number of anilines is 6. The minimum atomic E-state index is -0.571. The highest BCUT2D eigenvalue weighted by atomic mass is 15.1. The van der Waals surface area contributed by atoms with Crippen LogP contribution in [0.3, 0.4) is 0 Å². The van der Waals surface area contributed by atoms with E-state index in [1.165, 1.54) is 55.6 Å². The summed E-state index contributed by atoms with van der Waals surface area (Å²) in [6, 6.07) is 115. The summed E-state index contributed by atoms with van der Waals surface area (Å²) >= 11 is 0. The molecule has 0 saturated heterocycles. The van der Waals surface area contributed by atoms with Crippen LogP contribution in [0, 0.1) is 0 Å². The third-order valence-corrected chi connectivity index (χ3v) is 14.9. The van der Waals surface area contributed by atoms with Crippen LogP contribution in [0.4, 0.5) is 34.1 Å². The van der Waals surface area contributed by atoms with Gasteiger partial charge < -0.3 is 9.80 Å². The van der Waals surface area contributed by atoms with Gasteiger partial charge in [-0.25, -0.2) is 0 Å². The predicted octanol–water partition coefficient (Wildman–Crippen LogP) is 19.7. The molecule has 0 aliphatic heterocycles. The van der Waals surface area contributed by atoms with Crippen LogP contribution in [0.1, 0.15) is 22.3 Å². The fraction of sp³-hybridized carbons (Fsp3) is 0.0137. The van der Waals surface area contributed by atoms with E-state index in [0.717, 1.165) is 56.4 Å². The minimum absolute atomic E-state index is 0.571. The molecular weight excluding hydrogens is 905 g/mol. The van der Waals surface area contributed by atoms with Crippen LogP contribution in [-0.4, -0.2) is 0 Å². The van der Waals surface area contributed by atoms with E-state index in [1.54, 1.807) is 0 Å². The molecule has 0 saturated carbocycles. The van der Waals surface area contributed by atoms with Gasteiger partial charge in [-0.15, -0.1) is 0 Å². The monoisotopic (exact) mass is 956 g/mol. The third kappa shape index (κ3) is 8.29. The van der Waals surface area contributed by atoms with Crippen LogP contribution in [0.15, 0.2) is 315 Å². The summed E-state index contributed by atoms with van der Waals surface area (Å²) in [6.07, 6.45) is 0. The third-order valence-electron chi connectivity index (χ3n) is 14.9. The summed E-state index contributed by atoms with van der Waals surface area (Å²) in [5.74, 6) is 0. The number of hydrogen-bond donors (Lipinski definition) is 0. The Balaban J connectivity index is 0.907. The van der Waals surface area contributed by atoms with E-state index in [1.807, 2.05) is 0 Å². The van der Waals surface area contributed by atoms with Gasteiger partial charge in [0.1, 0.15) is 0 Å². The fourth-order valence-electron chi connectivity index (χ4n) is 11.5. The molecule has 0 heterocycles. The molecule has 1 aliphatic carbocycles. The van der Waals surface area contributed by atoms with Gasteiger partial charge in [0, 0.05) is 34.0 Å². The first-order chi connectivity index (χ1) is 37.2. The molecule has 0 bridgehead atoms. The highest BCUT2D eigenvalue weighted by Crippen LogP contribution is 2.60. The molecule has 0 atom stereocenters. The van der Waals surface area contributed by atoms with Crippen molar-refractivity contribution in [1.82, 2.24) is 0 Å². The van der Waals surface area contributed by atoms with Crippen molar-refractivity contribution in [2.45, 2.75) is 5.41 Å². The maximum Gasteiger partial charge on any atom is 0.0734 e. The second-order valence-corrected chi connectivity index (χ2v) is 19.2. The molecule has 2 nitrogen and oxygen atoms in total. The standard InChI is InChI=1S/C73H52N2/c1-7-22-53(23-8-1)55-38-44-65(45-39-55)74(63-30-15-5-16-31-63)66-46-40-56(41-47-66)59-50-58(54-24-9-2-10-25-54)51-60(52-59)57-42-48-67(49-43-57)75(64-32-17-6-18-33-64)71-37-21-35-69-68-34-19-20-36-70(68)73(72(69)71,61-26-11-3-12-27-61)62-28-13-4-14-29-62/h1-52H. The van der Waals surface area contributed by atoms with Crippen molar-refractivity contribution in [2.24, 2.45) is 0 Å². The lowest BCUT2D eigenvalue weighted by molar-refractivity contribution is 0.768. The largest absolute Gasteiger partial charge is 0.311 e. The fourth-order valence-corrected chi connectivity index (χ4v) is 11.5. The first kappa shape index (κ1) is 45.1. The summed E-state index contributed by atoms with van der Waals surface area (Å²) in [5, 5.41) is 0. The van der Waals surface area contributed by atoms with Crippen molar-refractivity contribution in [3.63, 3.8) is 0 Å². The van der Waals surface area contributed by atoms with Crippen molar-refractivity contribution < 1.29 is 0 Å². The topological polar surface area (TPSA) is 6.48 Å². The summed E-state index contributed by atoms with van der Waals surface area (Å²) < 4.78 is 0. The van der Waals surface area contributed by atoms with Gasteiger partial charge in [0.05, 0.1) is 11.1 Å². The van der Waals surface area contributed by atoms with Crippen LogP contribution in [0.25, 0.3) is 55.6 Å². The average molecular weight is 957 g/mol. The maximum atomic E-state index is 2.46. The van der Waals surface area contributed by atoms with E-state index >= 15 is 0 Å². The molecule has 12 aromatic carbocycles. The van der Waals surface area contributed by atoms with E-state index < -0.39 is 5.41 Å². The lowest BCUT2D eigenvalue weighted by Gasteiger charge is -2.37. The molecule has 0 spiro atoms. The van der Waals surface area contributed by atoms with Crippen molar-refractivity contribution >= 4 is 34.1 Å². The van der Waals surface area contributed by atoms with Crippen LogP contribution in [0.2, 0.25) is 0 Å². The lowest BCUT2D eigenvalue weighted by atomic mass is 9.67. The Morgan fingerprint density at radius 1 is 0.213 bits per heavy atom. The Bertz CT molecular complexity index is 3840. The normalized spacial score (nSPS) is 12.1. The Morgan fingerprint density at radius 3 is 1.00 bits per heavy atom. The first-order valence-corrected chi connectivity index (χ1v) is 25.8. The molecule has 12 aromatic rings.